The van der Waals surface area contributed by atoms with Crippen molar-refractivity contribution in [2.24, 2.45) is 7.05 Å². The number of carbonyl (C=O) groups is 1. The third kappa shape index (κ3) is 6.94. The fourth-order valence-electron chi connectivity index (χ4n) is 3.48. The largest absolute Gasteiger partial charge is 0.472 e. The summed E-state index contributed by atoms with van der Waals surface area (Å²) in [5.41, 5.74) is 3.57. The van der Waals surface area contributed by atoms with Crippen LogP contribution in [0.1, 0.15) is 52.9 Å². The molecule has 0 aliphatic rings. The van der Waals surface area contributed by atoms with Crippen molar-refractivity contribution in [2.75, 3.05) is 13.6 Å². The maximum Gasteiger partial charge on any atom is 0.410 e. The SMILES string of the molecule is C=Cc1nn(PI)c2cnc(-c3c(C)nn(C)c3O[C@H](C)CN(C)C(=O)OC(C)(C)C)cc12.CC. The van der Waals surface area contributed by atoms with Gasteiger partial charge in [0.25, 0.3) is 0 Å². The lowest BCUT2D eigenvalue weighted by Crippen LogP contribution is -2.39. The molecule has 9 nitrogen and oxygen atoms in total. The number of fused-ring (bicyclic) bond motifs is 1. The van der Waals surface area contributed by atoms with Crippen LogP contribution in [0, 0.1) is 6.92 Å². The first-order valence-corrected chi connectivity index (χ1v) is 15.5. The minimum absolute atomic E-state index is 0.300. The summed E-state index contributed by atoms with van der Waals surface area (Å²) in [5.74, 6) is 0.591. The minimum atomic E-state index is -0.554. The first kappa shape index (κ1) is 29.0. The number of rotatable bonds is 7. The maximum absolute atomic E-state index is 12.3. The molecule has 0 saturated carbocycles. The van der Waals surface area contributed by atoms with E-state index in [4.69, 9.17) is 14.5 Å². The molecule has 1 amide bonds. The number of nitrogens with zero attached hydrogens (tertiary/aromatic N) is 6. The van der Waals surface area contributed by atoms with E-state index in [0.717, 1.165) is 33.5 Å². The number of halogens is 1. The zero-order chi connectivity index (χ0) is 26.5. The number of aromatic nitrogens is 5. The topological polar surface area (TPSA) is 87.3 Å². The monoisotopic (exact) mass is 614 g/mol. The molecule has 0 aromatic carbocycles. The van der Waals surface area contributed by atoms with Gasteiger partial charge in [-0.2, -0.15) is 10.2 Å². The Morgan fingerprint density at radius 1 is 1.34 bits per heavy atom. The lowest BCUT2D eigenvalue weighted by Gasteiger charge is -2.26. The van der Waals surface area contributed by atoms with Gasteiger partial charge in [0.05, 0.1) is 47.3 Å². The smallest absolute Gasteiger partial charge is 0.410 e. The molecular formula is C24H36IN6O3P. The van der Waals surface area contributed by atoms with E-state index >= 15 is 0 Å². The van der Waals surface area contributed by atoms with Crippen molar-refractivity contribution in [2.45, 2.75) is 60.2 Å². The van der Waals surface area contributed by atoms with Crippen LogP contribution in [0.25, 0.3) is 28.2 Å². The van der Waals surface area contributed by atoms with Gasteiger partial charge in [0.2, 0.25) is 5.88 Å². The van der Waals surface area contributed by atoms with Crippen LogP contribution in [-0.4, -0.2) is 60.6 Å². The molecule has 0 radical (unpaired) electrons. The highest BCUT2D eigenvalue weighted by Crippen LogP contribution is 2.36. The Morgan fingerprint density at radius 3 is 2.57 bits per heavy atom. The number of pyridine rings is 1. The lowest BCUT2D eigenvalue weighted by molar-refractivity contribution is 0.0233. The van der Waals surface area contributed by atoms with E-state index in [-0.39, 0.29) is 6.10 Å². The van der Waals surface area contributed by atoms with Crippen molar-refractivity contribution < 1.29 is 14.3 Å². The Labute approximate surface area is 222 Å². The molecule has 3 heterocycles. The molecule has 3 aromatic heterocycles. The predicted molar refractivity (Wildman–Crippen MR) is 153 cm³/mol. The van der Waals surface area contributed by atoms with Crippen molar-refractivity contribution in [3.05, 3.63) is 30.2 Å². The van der Waals surface area contributed by atoms with Gasteiger partial charge < -0.3 is 14.4 Å². The van der Waals surface area contributed by atoms with Gasteiger partial charge in [-0.3, -0.25) is 4.98 Å². The summed E-state index contributed by atoms with van der Waals surface area (Å²) in [6.45, 7) is 17.6. The fourth-order valence-corrected chi connectivity index (χ4v) is 5.00. The van der Waals surface area contributed by atoms with Crippen molar-refractivity contribution in [3.8, 4) is 17.1 Å². The van der Waals surface area contributed by atoms with E-state index in [1.165, 1.54) is 4.90 Å². The second-order valence-electron chi connectivity index (χ2n) is 8.85. The number of carbonyl (C=O) groups excluding carboxylic acids is 1. The summed E-state index contributed by atoms with van der Waals surface area (Å²) in [7, 11) is 3.53. The molecule has 0 aliphatic carbocycles. The molecule has 0 N–H and O–H groups in total. The summed E-state index contributed by atoms with van der Waals surface area (Å²) >= 11 is 2.30. The molecule has 11 heteroatoms. The Balaban J connectivity index is 0.00000210. The minimum Gasteiger partial charge on any atom is -0.472 e. The molecule has 1 unspecified atom stereocenters. The van der Waals surface area contributed by atoms with Crippen LogP contribution in [0.5, 0.6) is 5.88 Å². The standard InChI is InChI=1S/C22H30IN6O3P.C2H6/c1-9-16-15-10-17(24-11-18(15)29(26-16)33-23)19-14(3)25-28(8)20(19)31-13(2)12-27(7)21(30)32-22(4,5)6;1-2/h9-11,13,33H,1,12H2,2-8H3;1-2H3/t13-;/m1./s1. The average Bonchev–Trinajstić information content (AvgIpc) is 3.29. The molecule has 35 heavy (non-hydrogen) atoms. The van der Waals surface area contributed by atoms with Crippen LogP contribution in [0.15, 0.2) is 18.8 Å². The fraction of sp³-hybridized carbons (Fsp3) is 0.500. The molecule has 2 atom stereocenters. The third-order valence-electron chi connectivity index (χ3n) is 4.84. The molecule has 0 spiro atoms. The van der Waals surface area contributed by atoms with Crippen molar-refractivity contribution in [3.63, 3.8) is 0 Å². The lowest BCUT2D eigenvalue weighted by atomic mass is 10.1. The molecule has 3 rings (SSSR count). The summed E-state index contributed by atoms with van der Waals surface area (Å²) in [5, 5.41) is 10.1. The van der Waals surface area contributed by atoms with Crippen LogP contribution < -0.4 is 4.74 Å². The Bertz CT molecular complexity index is 1180. The van der Waals surface area contributed by atoms with E-state index in [9.17, 15) is 4.79 Å². The highest BCUT2D eigenvalue weighted by atomic mass is 127. The summed E-state index contributed by atoms with van der Waals surface area (Å²) in [6, 6.07) is 2.00. The zero-order valence-corrected chi connectivity index (χ0v) is 25.2. The maximum atomic E-state index is 12.3. The van der Waals surface area contributed by atoms with Crippen LogP contribution >= 0.6 is 28.4 Å². The van der Waals surface area contributed by atoms with Gasteiger partial charge in [0.15, 0.2) is 0 Å². The van der Waals surface area contributed by atoms with Crippen LogP contribution in [-0.2, 0) is 11.8 Å². The van der Waals surface area contributed by atoms with Crippen molar-refractivity contribution >= 4 is 51.5 Å². The highest BCUT2D eigenvalue weighted by molar-refractivity contribution is 14.2. The van der Waals surface area contributed by atoms with E-state index in [1.807, 2.05) is 72.2 Å². The number of hydrogen-bond acceptors (Lipinski definition) is 6. The van der Waals surface area contributed by atoms with E-state index in [1.54, 1.807) is 17.8 Å². The van der Waals surface area contributed by atoms with Gasteiger partial charge in [0.1, 0.15) is 11.7 Å². The van der Waals surface area contributed by atoms with Gasteiger partial charge >= 0.3 is 6.09 Å². The molecular weight excluding hydrogens is 578 g/mol. The molecule has 0 aliphatic heterocycles. The number of aryl methyl sites for hydroxylation is 2. The number of hydrogen-bond donors (Lipinski definition) is 0. The quantitative estimate of drug-likeness (QED) is 0.232. The Kier molecular flexibility index (Phi) is 10.1. The second kappa shape index (κ2) is 12.2. The van der Waals surface area contributed by atoms with E-state index < -0.39 is 11.7 Å². The van der Waals surface area contributed by atoms with Gasteiger partial charge in [-0.05, 0) is 68.8 Å². The first-order valence-electron chi connectivity index (χ1n) is 11.5. The van der Waals surface area contributed by atoms with E-state index in [0.29, 0.717) is 18.8 Å². The molecule has 3 aromatic rings. The number of ether oxygens (including phenoxy) is 2. The first-order chi connectivity index (χ1) is 16.4. The van der Waals surface area contributed by atoms with Crippen LogP contribution in [0.4, 0.5) is 4.79 Å². The van der Waals surface area contributed by atoms with Crippen molar-refractivity contribution in [1.82, 2.24) is 29.2 Å². The molecule has 0 fully saturated rings. The number of amides is 1. The van der Waals surface area contributed by atoms with E-state index in [2.05, 4.69) is 38.8 Å². The second-order valence-corrected chi connectivity index (χ2v) is 10.9. The Hall–Kier alpha value is -2.20. The van der Waals surface area contributed by atoms with Gasteiger partial charge in [-0.25, -0.2) is 13.9 Å². The van der Waals surface area contributed by atoms with Crippen molar-refractivity contribution in [1.29, 1.82) is 0 Å². The number of likely N-dealkylation sites (N-methyl/N-ethyl adjacent to an activating group) is 1. The normalized spacial score (nSPS) is 12.4. The molecule has 192 valence electrons. The third-order valence-corrected chi connectivity index (χ3v) is 6.71. The summed E-state index contributed by atoms with van der Waals surface area (Å²) < 4.78 is 15.3. The summed E-state index contributed by atoms with van der Waals surface area (Å²) in [4.78, 5) is 18.5. The van der Waals surface area contributed by atoms with Gasteiger partial charge in [-0.1, -0.05) is 20.4 Å². The highest BCUT2D eigenvalue weighted by Gasteiger charge is 2.24. The summed E-state index contributed by atoms with van der Waals surface area (Å²) in [6.07, 6.45) is 3.35. The predicted octanol–water partition coefficient (Wildman–Crippen LogP) is 6.24. The molecule has 0 saturated heterocycles. The average molecular weight is 614 g/mol. The van der Waals surface area contributed by atoms with Crippen LogP contribution in [0.2, 0.25) is 0 Å². The van der Waals surface area contributed by atoms with Gasteiger partial charge in [-0.15, -0.1) is 0 Å². The molecule has 0 bridgehead atoms. The van der Waals surface area contributed by atoms with Crippen LogP contribution in [0.3, 0.4) is 0 Å². The Morgan fingerprint density at radius 2 is 2.00 bits per heavy atom. The van der Waals surface area contributed by atoms with Gasteiger partial charge in [0, 0.05) is 19.5 Å². The zero-order valence-electron chi connectivity index (χ0n) is 22.0.